The van der Waals surface area contributed by atoms with Gasteiger partial charge in [0.25, 0.3) is 0 Å². The van der Waals surface area contributed by atoms with Gasteiger partial charge in [-0.05, 0) is 51.4 Å². The number of urea groups is 1. The average molecular weight is 344 g/mol. The number of carbonyl (C=O) groups excluding carboxylic acids is 2. The van der Waals surface area contributed by atoms with Crippen LogP contribution in [0.25, 0.3) is 0 Å². The third-order valence-electron chi connectivity index (χ3n) is 5.06. The first kappa shape index (κ1) is 17.7. The molecule has 2 atom stereocenters. The van der Waals surface area contributed by atoms with E-state index in [1.165, 1.54) is 5.56 Å². The van der Waals surface area contributed by atoms with Crippen molar-refractivity contribution in [3.05, 3.63) is 29.8 Å². The number of benzene rings is 1. The number of hydrogen-bond donors (Lipinski definition) is 1. The van der Waals surface area contributed by atoms with Crippen LogP contribution in [-0.2, 0) is 11.2 Å². The monoisotopic (exact) mass is 344 g/mol. The second kappa shape index (κ2) is 7.44. The number of carbonyl (C=O) groups is 2. The van der Waals surface area contributed by atoms with Crippen LogP contribution in [0.1, 0.15) is 18.9 Å². The fraction of sp³-hybridized carbons (Fsp3) is 0.579. The first-order chi connectivity index (χ1) is 12.0. The Morgan fingerprint density at radius 2 is 2.04 bits per heavy atom. The van der Waals surface area contributed by atoms with Crippen molar-refractivity contribution in [2.24, 2.45) is 5.92 Å². The van der Waals surface area contributed by atoms with Crippen molar-refractivity contribution >= 4 is 17.6 Å². The first-order valence-corrected chi connectivity index (χ1v) is 9.05. The van der Waals surface area contributed by atoms with E-state index < -0.39 is 6.04 Å². The number of hydrogen-bond acceptors (Lipinski definition) is 3. The molecule has 6 heteroatoms. The van der Waals surface area contributed by atoms with Gasteiger partial charge >= 0.3 is 6.03 Å². The molecule has 25 heavy (non-hydrogen) atoms. The summed E-state index contributed by atoms with van der Waals surface area (Å²) in [6.45, 7) is 4.97. The van der Waals surface area contributed by atoms with Gasteiger partial charge in [0.2, 0.25) is 5.91 Å². The van der Waals surface area contributed by atoms with Gasteiger partial charge in [-0.25, -0.2) is 4.79 Å². The summed E-state index contributed by atoms with van der Waals surface area (Å²) < 4.78 is 0. The number of anilines is 1. The van der Waals surface area contributed by atoms with E-state index in [0.717, 1.165) is 38.2 Å². The first-order valence-electron chi connectivity index (χ1n) is 9.05. The van der Waals surface area contributed by atoms with Gasteiger partial charge in [-0.15, -0.1) is 0 Å². The number of para-hydroxylation sites is 1. The number of fused-ring (bicyclic) bond motifs is 1. The maximum absolute atomic E-state index is 12.8. The second-order valence-electron chi connectivity index (χ2n) is 7.40. The lowest BCUT2D eigenvalue weighted by molar-refractivity contribution is -0.119. The Balaban J connectivity index is 1.55. The van der Waals surface area contributed by atoms with Gasteiger partial charge in [0.05, 0.1) is 0 Å². The SMILES string of the molecule is C[C@@H](NC(=O)N1CC[C@H](CN(C)C)C1)C(=O)N1CCc2ccccc21. The van der Waals surface area contributed by atoms with Gasteiger partial charge in [0.1, 0.15) is 6.04 Å². The summed E-state index contributed by atoms with van der Waals surface area (Å²) in [7, 11) is 4.11. The van der Waals surface area contributed by atoms with Crippen LogP contribution in [0.5, 0.6) is 0 Å². The molecule has 136 valence electrons. The van der Waals surface area contributed by atoms with Crippen LogP contribution in [0, 0.1) is 5.92 Å². The van der Waals surface area contributed by atoms with Crippen LogP contribution in [0.3, 0.4) is 0 Å². The van der Waals surface area contributed by atoms with Crippen LogP contribution < -0.4 is 10.2 Å². The van der Waals surface area contributed by atoms with E-state index in [9.17, 15) is 9.59 Å². The largest absolute Gasteiger partial charge is 0.326 e. The summed E-state index contributed by atoms with van der Waals surface area (Å²) in [5.41, 5.74) is 2.17. The van der Waals surface area contributed by atoms with Crippen molar-refractivity contribution < 1.29 is 9.59 Å². The summed E-state index contributed by atoms with van der Waals surface area (Å²) in [5.74, 6) is 0.472. The number of rotatable bonds is 4. The van der Waals surface area contributed by atoms with Crippen molar-refractivity contribution in [3.8, 4) is 0 Å². The van der Waals surface area contributed by atoms with E-state index in [2.05, 4.69) is 30.4 Å². The van der Waals surface area contributed by atoms with E-state index >= 15 is 0 Å². The number of nitrogens with zero attached hydrogens (tertiary/aromatic N) is 3. The highest BCUT2D eigenvalue weighted by molar-refractivity contribution is 6.00. The summed E-state index contributed by atoms with van der Waals surface area (Å²) in [6, 6.07) is 7.32. The molecular formula is C19H28N4O2. The minimum atomic E-state index is -0.522. The second-order valence-corrected chi connectivity index (χ2v) is 7.40. The molecule has 0 unspecified atom stereocenters. The molecule has 0 aromatic heterocycles. The van der Waals surface area contributed by atoms with Crippen molar-refractivity contribution in [1.29, 1.82) is 0 Å². The number of nitrogens with one attached hydrogen (secondary N) is 1. The minimum Gasteiger partial charge on any atom is -0.326 e. The maximum atomic E-state index is 12.8. The molecule has 1 saturated heterocycles. The molecule has 1 aromatic carbocycles. The molecule has 0 aliphatic carbocycles. The smallest absolute Gasteiger partial charge is 0.318 e. The quantitative estimate of drug-likeness (QED) is 0.902. The van der Waals surface area contributed by atoms with Crippen molar-refractivity contribution in [2.75, 3.05) is 45.2 Å². The third-order valence-corrected chi connectivity index (χ3v) is 5.06. The molecule has 0 saturated carbocycles. The molecule has 1 fully saturated rings. The highest BCUT2D eigenvalue weighted by Crippen LogP contribution is 2.28. The molecule has 0 spiro atoms. The molecule has 0 bridgehead atoms. The summed E-state index contributed by atoms with van der Waals surface area (Å²) in [6.07, 6.45) is 1.90. The molecule has 0 radical (unpaired) electrons. The highest BCUT2D eigenvalue weighted by Gasteiger charge is 2.31. The van der Waals surface area contributed by atoms with E-state index in [1.54, 1.807) is 11.8 Å². The fourth-order valence-corrected chi connectivity index (χ4v) is 3.82. The average Bonchev–Trinajstić information content (AvgIpc) is 3.20. The van der Waals surface area contributed by atoms with Gasteiger partial charge in [-0.3, -0.25) is 4.79 Å². The predicted octanol–water partition coefficient (Wildman–Crippen LogP) is 1.56. The molecule has 1 aromatic rings. The van der Waals surface area contributed by atoms with Gasteiger partial charge in [-0.1, -0.05) is 18.2 Å². The molecule has 2 aliphatic heterocycles. The van der Waals surface area contributed by atoms with Gasteiger partial charge < -0.3 is 20.0 Å². The van der Waals surface area contributed by atoms with Crippen molar-refractivity contribution in [1.82, 2.24) is 15.1 Å². The summed E-state index contributed by atoms with van der Waals surface area (Å²) in [5, 5.41) is 2.89. The van der Waals surface area contributed by atoms with E-state index in [0.29, 0.717) is 12.5 Å². The zero-order valence-corrected chi connectivity index (χ0v) is 15.4. The molecule has 2 heterocycles. The zero-order valence-electron chi connectivity index (χ0n) is 15.4. The molecule has 3 rings (SSSR count). The Morgan fingerprint density at radius 3 is 2.80 bits per heavy atom. The lowest BCUT2D eigenvalue weighted by Gasteiger charge is -2.25. The van der Waals surface area contributed by atoms with E-state index in [1.807, 2.05) is 23.1 Å². The third kappa shape index (κ3) is 3.95. The van der Waals surface area contributed by atoms with Crippen LogP contribution in [0.4, 0.5) is 10.5 Å². The lowest BCUT2D eigenvalue weighted by Crippen LogP contribution is -2.50. The Labute approximate surface area is 149 Å². The molecular weight excluding hydrogens is 316 g/mol. The molecule has 2 aliphatic rings. The molecule has 6 nitrogen and oxygen atoms in total. The summed E-state index contributed by atoms with van der Waals surface area (Å²) in [4.78, 5) is 31.0. The fourth-order valence-electron chi connectivity index (χ4n) is 3.82. The number of amides is 3. The maximum Gasteiger partial charge on any atom is 0.318 e. The van der Waals surface area contributed by atoms with Crippen molar-refractivity contribution in [3.63, 3.8) is 0 Å². The topological polar surface area (TPSA) is 55.9 Å². The Kier molecular flexibility index (Phi) is 5.27. The van der Waals surface area contributed by atoms with Gasteiger partial charge in [0, 0.05) is 31.9 Å². The van der Waals surface area contributed by atoms with Crippen LogP contribution in [0.15, 0.2) is 24.3 Å². The van der Waals surface area contributed by atoms with Crippen molar-refractivity contribution in [2.45, 2.75) is 25.8 Å². The van der Waals surface area contributed by atoms with Crippen LogP contribution >= 0.6 is 0 Å². The van der Waals surface area contributed by atoms with Crippen LogP contribution in [0.2, 0.25) is 0 Å². The lowest BCUT2D eigenvalue weighted by atomic mass is 10.1. The van der Waals surface area contributed by atoms with E-state index in [4.69, 9.17) is 0 Å². The van der Waals surface area contributed by atoms with Crippen LogP contribution in [-0.4, -0.2) is 68.1 Å². The summed E-state index contributed by atoms with van der Waals surface area (Å²) >= 11 is 0. The Hall–Kier alpha value is -2.08. The Bertz CT molecular complexity index is 646. The zero-order chi connectivity index (χ0) is 18.0. The predicted molar refractivity (Wildman–Crippen MR) is 98.7 cm³/mol. The van der Waals surface area contributed by atoms with Gasteiger partial charge in [-0.2, -0.15) is 0 Å². The minimum absolute atomic E-state index is 0.0395. The van der Waals surface area contributed by atoms with Gasteiger partial charge in [0.15, 0.2) is 0 Å². The Morgan fingerprint density at radius 1 is 1.28 bits per heavy atom. The standard InChI is InChI=1S/C19H28N4O2/c1-14(18(24)23-11-9-16-6-4-5-7-17(16)23)20-19(25)22-10-8-15(13-22)12-21(2)3/h4-7,14-15H,8-13H2,1-3H3,(H,20,25)/t14-,15-/m1/s1. The molecule has 1 N–H and O–H groups in total. The number of likely N-dealkylation sites (tertiary alicyclic amines) is 1. The normalized spacial score (nSPS) is 20.7. The highest BCUT2D eigenvalue weighted by atomic mass is 16.2. The van der Waals surface area contributed by atoms with E-state index in [-0.39, 0.29) is 11.9 Å². The molecule has 3 amide bonds.